The van der Waals surface area contributed by atoms with Gasteiger partial charge in [-0.3, -0.25) is 14.4 Å². The highest BCUT2D eigenvalue weighted by molar-refractivity contribution is 6.50. The average molecular weight is 374 g/mol. The summed E-state index contributed by atoms with van der Waals surface area (Å²) in [6, 6.07) is 19.4. The van der Waals surface area contributed by atoms with Gasteiger partial charge in [0.25, 0.3) is 0 Å². The SMILES string of the molecule is COc1cccc(OC)c1C(=O)c1ccccc1C(=O)C(=O)c1ccccc1. The first-order valence-corrected chi connectivity index (χ1v) is 8.57. The fourth-order valence-electron chi connectivity index (χ4n) is 2.93. The Labute approximate surface area is 162 Å². The van der Waals surface area contributed by atoms with Gasteiger partial charge in [-0.25, -0.2) is 0 Å². The van der Waals surface area contributed by atoms with Gasteiger partial charge in [0, 0.05) is 16.7 Å². The molecule has 3 aromatic rings. The van der Waals surface area contributed by atoms with Gasteiger partial charge in [-0.2, -0.15) is 0 Å². The van der Waals surface area contributed by atoms with Gasteiger partial charge in [0.2, 0.25) is 17.3 Å². The quantitative estimate of drug-likeness (QED) is 0.462. The maximum Gasteiger partial charge on any atom is 0.234 e. The Morgan fingerprint density at radius 1 is 0.607 bits per heavy atom. The zero-order valence-corrected chi connectivity index (χ0v) is 15.5. The summed E-state index contributed by atoms with van der Waals surface area (Å²) in [6.45, 7) is 0. The molecule has 3 aromatic carbocycles. The van der Waals surface area contributed by atoms with E-state index in [1.807, 2.05) is 0 Å². The molecule has 0 radical (unpaired) electrons. The van der Waals surface area contributed by atoms with Crippen LogP contribution in [0, 0.1) is 0 Å². The maximum atomic E-state index is 13.3. The Kier molecular flexibility index (Phi) is 5.65. The van der Waals surface area contributed by atoms with E-state index >= 15 is 0 Å². The highest BCUT2D eigenvalue weighted by Crippen LogP contribution is 2.31. The lowest BCUT2D eigenvalue weighted by atomic mass is 9.92. The summed E-state index contributed by atoms with van der Waals surface area (Å²) < 4.78 is 10.6. The molecule has 0 saturated carbocycles. The second-order valence-electron chi connectivity index (χ2n) is 5.94. The van der Waals surface area contributed by atoms with E-state index in [2.05, 4.69) is 0 Å². The number of carbonyl (C=O) groups excluding carboxylic acids is 3. The van der Waals surface area contributed by atoms with Crippen LogP contribution in [0.15, 0.2) is 72.8 Å². The predicted octanol–water partition coefficient (Wildman–Crippen LogP) is 4.00. The lowest BCUT2D eigenvalue weighted by molar-refractivity contribution is 0.0815. The number of hydrogen-bond acceptors (Lipinski definition) is 5. The van der Waals surface area contributed by atoms with Crippen LogP contribution in [-0.2, 0) is 0 Å². The minimum absolute atomic E-state index is 0.0364. The van der Waals surface area contributed by atoms with Crippen LogP contribution in [0.4, 0.5) is 0 Å². The van der Waals surface area contributed by atoms with E-state index in [0.29, 0.717) is 11.5 Å². The molecule has 0 heterocycles. The first-order valence-electron chi connectivity index (χ1n) is 8.57. The summed E-state index contributed by atoms with van der Waals surface area (Å²) >= 11 is 0. The molecule has 28 heavy (non-hydrogen) atoms. The summed E-state index contributed by atoms with van der Waals surface area (Å²) in [7, 11) is 2.89. The summed E-state index contributed by atoms with van der Waals surface area (Å²) in [6.07, 6.45) is 0. The zero-order chi connectivity index (χ0) is 20.1. The van der Waals surface area contributed by atoms with Crippen molar-refractivity contribution < 1.29 is 23.9 Å². The van der Waals surface area contributed by atoms with Crippen molar-refractivity contribution in [1.29, 1.82) is 0 Å². The van der Waals surface area contributed by atoms with Crippen molar-refractivity contribution in [1.82, 2.24) is 0 Å². The Balaban J connectivity index is 2.08. The summed E-state index contributed by atoms with van der Waals surface area (Å²) in [5.74, 6) is -1.24. The molecule has 0 aliphatic heterocycles. The zero-order valence-electron chi connectivity index (χ0n) is 15.5. The molecular weight excluding hydrogens is 356 g/mol. The fourth-order valence-corrected chi connectivity index (χ4v) is 2.93. The van der Waals surface area contributed by atoms with Crippen molar-refractivity contribution >= 4 is 17.3 Å². The van der Waals surface area contributed by atoms with Gasteiger partial charge in [-0.05, 0) is 12.1 Å². The fraction of sp³-hybridized carbons (Fsp3) is 0.0870. The number of ether oxygens (including phenoxy) is 2. The van der Waals surface area contributed by atoms with Crippen LogP contribution in [0.2, 0.25) is 0 Å². The monoisotopic (exact) mass is 374 g/mol. The van der Waals surface area contributed by atoms with E-state index in [4.69, 9.17) is 9.47 Å². The van der Waals surface area contributed by atoms with Crippen LogP contribution in [-0.4, -0.2) is 31.6 Å². The van der Waals surface area contributed by atoms with Crippen molar-refractivity contribution in [3.05, 3.63) is 95.1 Å². The number of Topliss-reactive ketones (excluding diaryl/α,β-unsaturated/α-hetero) is 2. The van der Waals surface area contributed by atoms with Crippen molar-refractivity contribution in [3.63, 3.8) is 0 Å². The second-order valence-corrected chi connectivity index (χ2v) is 5.94. The topological polar surface area (TPSA) is 69.7 Å². The van der Waals surface area contributed by atoms with Gasteiger partial charge in [-0.15, -0.1) is 0 Å². The molecule has 0 aromatic heterocycles. The minimum atomic E-state index is -0.746. The number of ketones is 3. The van der Waals surface area contributed by atoms with Gasteiger partial charge < -0.3 is 9.47 Å². The molecule has 0 aliphatic rings. The Hall–Kier alpha value is -3.73. The van der Waals surface area contributed by atoms with Crippen LogP contribution >= 0.6 is 0 Å². The molecule has 3 rings (SSSR count). The van der Waals surface area contributed by atoms with E-state index in [0.717, 1.165) is 0 Å². The third kappa shape index (κ3) is 3.55. The van der Waals surface area contributed by atoms with Crippen molar-refractivity contribution in [2.45, 2.75) is 0 Å². The van der Waals surface area contributed by atoms with Crippen LogP contribution < -0.4 is 9.47 Å². The molecule has 0 aliphatic carbocycles. The van der Waals surface area contributed by atoms with Gasteiger partial charge in [0.15, 0.2) is 0 Å². The van der Waals surface area contributed by atoms with E-state index in [1.165, 1.54) is 26.4 Å². The highest BCUT2D eigenvalue weighted by atomic mass is 16.5. The van der Waals surface area contributed by atoms with E-state index in [1.54, 1.807) is 60.7 Å². The van der Waals surface area contributed by atoms with Gasteiger partial charge in [-0.1, -0.05) is 60.7 Å². The molecule has 0 bridgehead atoms. The lowest BCUT2D eigenvalue weighted by Crippen LogP contribution is -2.19. The van der Waals surface area contributed by atoms with Crippen LogP contribution in [0.1, 0.15) is 36.6 Å². The van der Waals surface area contributed by atoms with Crippen molar-refractivity contribution in [2.75, 3.05) is 14.2 Å². The molecule has 0 unspecified atom stereocenters. The largest absolute Gasteiger partial charge is 0.496 e. The highest BCUT2D eigenvalue weighted by Gasteiger charge is 2.27. The maximum absolute atomic E-state index is 13.3. The molecule has 0 N–H and O–H groups in total. The van der Waals surface area contributed by atoms with E-state index in [9.17, 15) is 14.4 Å². The third-order valence-electron chi connectivity index (χ3n) is 4.31. The molecule has 0 amide bonds. The minimum Gasteiger partial charge on any atom is -0.496 e. The molecule has 0 spiro atoms. The van der Waals surface area contributed by atoms with Gasteiger partial charge in [0.05, 0.1) is 14.2 Å². The number of carbonyl (C=O) groups is 3. The normalized spacial score (nSPS) is 10.2. The van der Waals surface area contributed by atoms with Gasteiger partial charge in [0.1, 0.15) is 17.1 Å². The first-order chi connectivity index (χ1) is 13.6. The molecule has 0 atom stereocenters. The van der Waals surface area contributed by atoms with Crippen molar-refractivity contribution in [2.24, 2.45) is 0 Å². The van der Waals surface area contributed by atoms with Crippen LogP contribution in [0.25, 0.3) is 0 Å². The second kappa shape index (κ2) is 8.31. The number of benzene rings is 3. The number of hydrogen-bond donors (Lipinski definition) is 0. The molecular formula is C23H18O5. The molecule has 140 valence electrons. The lowest BCUT2D eigenvalue weighted by Gasteiger charge is -2.13. The Bertz CT molecular complexity index is 1020. The van der Waals surface area contributed by atoms with Crippen LogP contribution in [0.3, 0.4) is 0 Å². The third-order valence-corrected chi connectivity index (χ3v) is 4.31. The molecule has 5 heteroatoms. The Morgan fingerprint density at radius 2 is 1.14 bits per heavy atom. The first kappa shape index (κ1) is 19.0. The number of methoxy groups -OCH3 is 2. The average Bonchev–Trinajstić information content (AvgIpc) is 2.77. The Morgan fingerprint density at radius 3 is 1.71 bits per heavy atom. The van der Waals surface area contributed by atoms with E-state index in [-0.39, 0.29) is 22.3 Å². The van der Waals surface area contributed by atoms with Gasteiger partial charge >= 0.3 is 0 Å². The summed E-state index contributed by atoms with van der Waals surface area (Å²) in [4.78, 5) is 38.7. The smallest absolute Gasteiger partial charge is 0.234 e. The standard InChI is InChI=1S/C23H18O5/c1-27-18-13-8-14-19(28-2)20(18)22(25)16-11-6-7-12-17(16)23(26)21(24)15-9-4-3-5-10-15/h3-14H,1-2H3. The van der Waals surface area contributed by atoms with E-state index < -0.39 is 17.3 Å². The number of rotatable bonds is 7. The molecule has 0 saturated heterocycles. The van der Waals surface area contributed by atoms with Crippen molar-refractivity contribution in [3.8, 4) is 11.5 Å². The predicted molar refractivity (Wildman–Crippen MR) is 105 cm³/mol. The van der Waals surface area contributed by atoms with Crippen LogP contribution in [0.5, 0.6) is 11.5 Å². The summed E-state index contributed by atoms with van der Waals surface area (Å²) in [5, 5.41) is 0. The summed E-state index contributed by atoms with van der Waals surface area (Å²) in [5.41, 5.74) is 0.610. The molecule has 0 fully saturated rings. The molecule has 5 nitrogen and oxygen atoms in total.